The molecule has 0 aliphatic rings. The van der Waals surface area contributed by atoms with E-state index in [0.29, 0.717) is 18.1 Å². The van der Waals surface area contributed by atoms with Gasteiger partial charge in [0.15, 0.2) is 0 Å². The smallest absolute Gasteiger partial charge is 0.321 e. The molecule has 0 unspecified atom stereocenters. The molecule has 0 bridgehead atoms. The maximum Gasteiger partial charge on any atom is 0.321 e. The minimum absolute atomic E-state index is 0.230. The highest BCUT2D eigenvalue weighted by Gasteiger charge is 2.17. The second-order valence-electron chi connectivity index (χ2n) is 6.22. The molecular formula is C18H22N6O2. The van der Waals surface area contributed by atoms with Gasteiger partial charge in [-0.05, 0) is 39.8 Å². The third-order valence-corrected chi connectivity index (χ3v) is 4.17. The SMILES string of the molecule is Cc1nc(C)n(-c2ccccc2NC(=O)N(C)Cc2c(C)noc2C)n1. The number of aryl methyl sites for hydroxylation is 4. The topological polar surface area (TPSA) is 89.1 Å². The summed E-state index contributed by atoms with van der Waals surface area (Å²) in [7, 11) is 1.73. The minimum Gasteiger partial charge on any atom is -0.361 e. The molecule has 0 saturated carbocycles. The number of carbonyl (C=O) groups is 1. The fourth-order valence-electron chi connectivity index (χ4n) is 2.76. The van der Waals surface area contributed by atoms with Gasteiger partial charge in [0.2, 0.25) is 0 Å². The first kappa shape index (κ1) is 17.7. The van der Waals surface area contributed by atoms with Gasteiger partial charge >= 0.3 is 6.03 Å². The van der Waals surface area contributed by atoms with Crippen LogP contribution in [0.25, 0.3) is 5.69 Å². The molecule has 3 aromatic rings. The van der Waals surface area contributed by atoms with E-state index in [-0.39, 0.29) is 6.03 Å². The number of amides is 2. The number of carbonyl (C=O) groups excluding carboxylic acids is 1. The number of urea groups is 1. The minimum atomic E-state index is -0.230. The van der Waals surface area contributed by atoms with E-state index in [0.717, 1.165) is 28.5 Å². The number of para-hydroxylation sites is 2. The molecule has 0 aliphatic carbocycles. The Hall–Kier alpha value is -3.16. The third kappa shape index (κ3) is 3.44. The molecule has 0 atom stereocenters. The molecule has 0 fully saturated rings. The Bertz CT molecular complexity index is 924. The molecule has 0 spiro atoms. The summed E-state index contributed by atoms with van der Waals surface area (Å²) in [5, 5.41) is 11.3. The first-order chi connectivity index (χ1) is 12.4. The first-order valence-electron chi connectivity index (χ1n) is 8.30. The molecular weight excluding hydrogens is 332 g/mol. The van der Waals surface area contributed by atoms with E-state index in [9.17, 15) is 4.79 Å². The number of hydrogen-bond acceptors (Lipinski definition) is 5. The quantitative estimate of drug-likeness (QED) is 0.777. The van der Waals surface area contributed by atoms with E-state index < -0.39 is 0 Å². The van der Waals surface area contributed by atoms with Crippen LogP contribution in [0.1, 0.15) is 28.7 Å². The number of nitrogens with one attached hydrogen (secondary N) is 1. The summed E-state index contributed by atoms with van der Waals surface area (Å²) in [4.78, 5) is 18.6. The van der Waals surface area contributed by atoms with Crippen molar-refractivity contribution in [2.75, 3.05) is 12.4 Å². The zero-order chi connectivity index (χ0) is 18.8. The lowest BCUT2D eigenvalue weighted by Crippen LogP contribution is -2.31. The van der Waals surface area contributed by atoms with Gasteiger partial charge in [0.25, 0.3) is 0 Å². The van der Waals surface area contributed by atoms with E-state index in [1.54, 1.807) is 16.6 Å². The molecule has 8 heteroatoms. The van der Waals surface area contributed by atoms with Crippen LogP contribution in [-0.2, 0) is 6.54 Å². The Labute approximate surface area is 151 Å². The highest BCUT2D eigenvalue weighted by molar-refractivity contribution is 5.91. The van der Waals surface area contributed by atoms with Crippen molar-refractivity contribution in [3.05, 3.63) is 52.9 Å². The lowest BCUT2D eigenvalue weighted by atomic mass is 10.2. The van der Waals surface area contributed by atoms with Gasteiger partial charge in [-0.3, -0.25) is 0 Å². The van der Waals surface area contributed by atoms with Crippen LogP contribution in [0.5, 0.6) is 0 Å². The van der Waals surface area contributed by atoms with Crippen LogP contribution in [0.3, 0.4) is 0 Å². The molecule has 2 amide bonds. The Balaban J connectivity index is 1.81. The van der Waals surface area contributed by atoms with Gasteiger partial charge in [0, 0.05) is 12.6 Å². The summed E-state index contributed by atoms with van der Waals surface area (Å²) < 4.78 is 6.88. The van der Waals surface area contributed by atoms with Gasteiger partial charge in [-0.2, -0.15) is 5.10 Å². The molecule has 8 nitrogen and oxygen atoms in total. The van der Waals surface area contributed by atoms with Gasteiger partial charge < -0.3 is 14.7 Å². The van der Waals surface area contributed by atoms with Crippen molar-refractivity contribution in [1.29, 1.82) is 0 Å². The fourth-order valence-corrected chi connectivity index (χ4v) is 2.76. The number of rotatable bonds is 4. The Morgan fingerprint density at radius 3 is 2.58 bits per heavy atom. The van der Waals surface area contributed by atoms with Crippen molar-refractivity contribution in [2.24, 2.45) is 0 Å². The lowest BCUT2D eigenvalue weighted by molar-refractivity contribution is 0.220. The largest absolute Gasteiger partial charge is 0.361 e. The van der Waals surface area contributed by atoms with Gasteiger partial charge in [-0.15, -0.1) is 0 Å². The molecule has 0 aliphatic heterocycles. The summed E-state index contributed by atoms with van der Waals surface area (Å²) in [5.74, 6) is 2.16. The number of benzene rings is 1. The summed E-state index contributed by atoms with van der Waals surface area (Å²) in [5.41, 5.74) is 3.13. The highest BCUT2D eigenvalue weighted by atomic mass is 16.5. The predicted octanol–water partition coefficient (Wildman–Crippen LogP) is 3.15. The average molecular weight is 354 g/mol. The van der Waals surface area contributed by atoms with Crippen LogP contribution >= 0.6 is 0 Å². The van der Waals surface area contributed by atoms with E-state index in [2.05, 4.69) is 20.6 Å². The van der Waals surface area contributed by atoms with E-state index >= 15 is 0 Å². The molecule has 0 saturated heterocycles. The third-order valence-electron chi connectivity index (χ3n) is 4.17. The van der Waals surface area contributed by atoms with Gasteiger partial charge in [0.1, 0.15) is 17.4 Å². The summed E-state index contributed by atoms with van der Waals surface area (Å²) in [6.45, 7) is 7.83. The molecule has 26 heavy (non-hydrogen) atoms. The van der Waals surface area contributed by atoms with Gasteiger partial charge in [-0.25, -0.2) is 14.5 Å². The summed E-state index contributed by atoms with van der Waals surface area (Å²) in [6, 6.07) is 7.27. The number of anilines is 1. The van der Waals surface area contributed by atoms with Crippen LogP contribution in [0.15, 0.2) is 28.8 Å². The molecule has 1 aromatic carbocycles. The molecule has 3 rings (SSSR count). The second-order valence-corrected chi connectivity index (χ2v) is 6.22. The average Bonchev–Trinajstić information content (AvgIpc) is 3.10. The van der Waals surface area contributed by atoms with E-state index in [1.807, 2.05) is 52.0 Å². The first-order valence-corrected chi connectivity index (χ1v) is 8.30. The van der Waals surface area contributed by atoms with Crippen LogP contribution in [0.4, 0.5) is 10.5 Å². The predicted molar refractivity (Wildman–Crippen MR) is 97.3 cm³/mol. The molecule has 136 valence electrons. The fraction of sp³-hybridized carbons (Fsp3) is 0.333. The van der Waals surface area contributed by atoms with Gasteiger partial charge in [-0.1, -0.05) is 17.3 Å². The molecule has 1 N–H and O–H groups in total. The lowest BCUT2D eigenvalue weighted by Gasteiger charge is -2.19. The number of aromatic nitrogens is 4. The van der Waals surface area contributed by atoms with Crippen LogP contribution in [-0.4, -0.2) is 37.9 Å². The normalized spacial score (nSPS) is 10.8. The number of nitrogens with zero attached hydrogens (tertiary/aromatic N) is 5. The standard InChI is InChI=1S/C18H22N6O2/c1-11-15(12(2)26-22-11)10-23(5)18(25)20-16-8-6-7-9-17(16)24-14(4)19-13(3)21-24/h6-9H,10H2,1-5H3,(H,20,25). The van der Waals surface area contributed by atoms with Crippen molar-refractivity contribution in [3.8, 4) is 5.69 Å². The maximum absolute atomic E-state index is 12.7. The zero-order valence-electron chi connectivity index (χ0n) is 15.6. The van der Waals surface area contributed by atoms with Crippen LogP contribution in [0, 0.1) is 27.7 Å². The summed E-state index contributed by atoms with van der Waals surface area (Å²) >= 11 is 0. The molecule has 2 aromatic heterocycles. The van der Waals surface area contributed by atoms with Crippen LogP contribution < -0.4 is 5.32 Å². The monoisotopic (exact) mass is 354 g/mol. The number of hydrogen-bond donors (Lipinski definition) is 1. The summed E-state index contributed by atoms with van der Waals surface area (Å²) in [6.07, 6.45) is 0. The van der Waals surface area contributed by atoms with Crippen molar-refractivity contribution in [3.63, 3.8) is 0 Å². The van der Waals surface area contributed by atoms with E-state index in [4.69, 9.17) is 4.52 Å². The van der Waals surface area contributed by atoms with Crippen molar-refractivity contribution >= 4 is 11.7 Å². The zero-order valence-corrected chi connectivity index (χ0v) is 15.6. The Morgan fingerprint density at radius 2 is 1.96 bits per heavy atom. The van der Waals surface area contributed by atoms with E-state index in [1.165, 1.54) is 0 Å². The Morgan fingerprint density at radius 1 is 1.23 bits per heavy atom. The Kier molecular flexibility index (Phi) is 4.75. The van der Waals surface area contributed by atoms with Crippen molar-refractivity contribution < 1.29 is 9.32 Å². The second kappa shape index (κ2) is 6.99. The molecule has 0 radical (unpaired) electrons. The van der Waals surface area contributed by atoms with Crippen LogP contribution in [0.2, 0.25) is 0 Å². The molecule has 2 heterocycles. The maximum atomic E-state index is 12.7. The van der Waals surface area contributed by atoms with Gasteiger partial charge in [0.05, 0.1) is 23.6 Å². The van der Waals surface area contributed by atoms with Crippen molar-refractivity contribution in [2.45, 2.75) is 34.2 Å². The van der Waals surface area contributed by atoms with Crippen molar-refractivity contribution in [1.82, 2.24) is 24.8 Å². The highest BCUT2D eigenvalue weighted by Crippen LogP contribution is 2.21.